The smallest absolute Gasteiger partial charge is 0.251 e. The molecule has 3 rings (SSSR count). The standard InChI is InChI=1S/C12H10IN3O/c1-14-12(17)7-3-2-6-4-9-10(8(6)5-7)15-16-11(9)13/h2-3,5H,4H2,1H3,(H,14,17)(H,15,16). The monoisotopic (exact) mass is 339 g/mol. The van der Waals surface area contributed by atoms with E-state index in [9.17, 15) is 4.79 Å². The van der Waals surface area contributed by atoms with Gasteiger partial charge < -0.3 is 5.32 Å². The number of nitrogens with one attached hydrogen (secondary N) is 2. The zero-order valence-corrected chi connectivity index (χ0v) is 11.3. The Hall–Kier alpha value is -1.37. The van der Waals surface area contributed by atoms with E-state index < -0.39 is 0 Å². The van der Waals surface area contributed by atoms with Crippen molar-refractivity contribution >= 4 is 28.5 Å². The molecule has 1 aliphatic rings. The lowest BCUT2D eigenvalue weighted by Crippen LogP contribution is -2.17. The summed E-state index contributed by atoms with van der Waals surface area (Å²) < 4.78 is 1.01. The number of carbonyl (C=O) groups is 1. The summed E-state index contributed by atoms with van der Waals surface area (Å²) in [6.07, 6.45) is 0.896. The molecule has 1 aliphatic carbocycles. The zero-order chi connectivity index (χ0) is 12.0. The highest BCUT2D eigenvalue weighted by Gasteiger charge is 2.24. The Bertz CT molecular complexity index is 618. The lowest BCUT2D eigenvalue weighted by molar-refractivity contribution is 0.0963. The van der Waals surface area contributed by atoms with E-state index in [2.05, 4.69) is 38.1 Å². The molecule has 0 fully saturated rings. The predicted octanol–water partition coefficient (Wildman–Crippen LogP) is 1.95. The number of halogens is 1. The molecule has 2 aromatic rings. The molecule has 0 atom stereocenters. The lowest BCUT2D eigenvalue weighted by Gasteiger charge is -2.03. The highest BCUT2D eigenvalue weighted by atomic mass is 127. The van der Waals surface area contributed by atoms with Crippen LogP contribution in [-0.4, -0.2) is 23.2 Å². The number of aromatic amines is 1. The van der Waals surface area contributed by atoms with Crippen LogP contribution in [0.2, 0.25) is 0 Å². The Morgan fingerprint density at radius 2 is 2.35 bits per heavy atom. The van der Waals surface area contributed by atoms with Gasteiger partial charge in [0.15, 0.2) is 0 Å². The highest BCUT2D eigenvalue weighted by molar-refractivity contribution is 14.1. The second-order valence-corrected chi connectivity index (χ2v) is 5.02. The van der Waals surface area contributed by atoms with Gasteiger partial charge in [0.05, 0.1) is 5.69 Å². The Labute approximate surface area is 112 Å². The van der Waals surface area contributed by atoms with Crippen LogP contribution < -0.4 is 5.32 Å². The van der Waals surface area contributed by atoms with E-state index in [4.69, 9.17) is 0 Å². The summed E-state index contributed by atoms with van der Waals surface area (Å²) in [4.78, 5) is 11.6. The first-order chi connectivity index (χ1) is 8.20. The fourth-order valence-corrected chi connectivity index (χ4v) is 2.75. The minimum atomic E-state index is -0.0598. The number of aromatic nitrogens is 2. The third-order valence-corrected chi connectivity index (χ3v) is 3.94. The van der Waals surface area contributed by atoms with Crippen molar-refractivity contribution in [1.29, 1.82) is 0 Å². The summed E-state index contributed by atoms with van der Waals surface area (Å²) in [6, 6.07) is 5.81. The van der Waals surface area contributed by atoms with Crippen LogP contribution in [0.25, 0.3) is 11.3 Å². The van der Waals surface area contributed by atoms with Crippen LogP contribution in [0.5, 0.6) is 0 Å². The summed E-state index contributed by atoms with van der Waals surface area (Å²) in [7, 11) is 1.64. The van der Waals surface area contributed by atoms with Crippen molar-refractivity contribution in [2.75, 3.05) is 7.05 Å². The van der Waals surface area contributed by atoms with Crippen LogP contribution in [0.4, 0.5) is 0 Å². The number of amides is 1. The molecular weight excluding hydrogens is 329 g/mol. The van der Waals surface area contributed by atoms with Gasteiger partial charge >= 0.3 is 0 Å². The minimum Gasteiger partial charge on any atom is -0.355 e. The number of benzene rings is 1. The first kappa shape index (κ1) is 10.8. The van der Waals surface area contributed by atoms with E-state index >= 15 is 0 Å². The maximum atomic E-state index is 11.6. The number of hydrogen-bond donors (Lipinski definition) is 2. The fraction of sp³-hybridized carbons (Fsp3) is 0.167. The molecule has 0 saturated heterocycles. The van der Waals surface area contributed by atoms with Gasteiger partial charge in [-0.3, -0.25) is 9.89 Å². The molecule has 1 aromatic carbocycles. The molecule has 0 aliphatic heterocycles. The number of hydrogen-bond acceptors (Lipinski definition) is 2. The van der Waals surface area contributed by atoms with Gasteiger partial charge in [-0.15, -0.1) is 0 Å². The van der Waals surface area contributed by atoms with Gasteiger partial charge in [0.2, 0.25) is 0 Å². The molecular formula is C12H10IN3O. The molecule has 5 heteroatoms. The van der Waals surface area contributed by atoms with E-state index in [0.717, 1.165) is 21.4 Å². The average molecular weight is 339 g/mol. The van der Waals surface area contributed by atoms with E-state index in [1.165, 1.54) is 11.1 Å². The molecule has 1 aromatic heterocycles. The Morgan fingerprint density at radius 1 is 1.53 bits per heavy atom. The van der Waals surface area contributed by atoms with Gasteiger partial charge in [-0.25, -0.2) is 0 Å². The van der Waals surface area contributed by atoms with Crippen molar-refractivity contribution in [2.24, 2.45) is 0 Å². The Morgan fingerprint density at radius 3 is 3.12 bits per heavy atom. The van der Waals surface area contributed by atoms with E-state index in [1.807, 2.05) is 18.2 Å². The van der Waals surface area contributed by atoms with Crippen LogP contribution >= 0.6 is 22.6 Å². The van der Waals surface area contributed by atoms with Gasteiger partial charge in [-0.2, -0.15) is 5.10 Å². The molecule has 17 heavy (non-hydrogen) atoms. The molecule has 2 N–H and O–H groups in total. The van der Waals surface area contributed by atoms with Gasteiger partial charge in [0.1, 0.15) is 3.70 Å². The molecule has 4 nitrogen and oxygen atoms in total. The van der Waals surface area contributed by atoms with Crippen molar-refractivity contribution in [1.82, 2.24) is 15.5 Å². The number of rotatable bonds is 1. The van der Waals surface area contributed by atoms with Crippen molar-refractivity contribution < 1.29 is 4.79 Å². The number of nitrogens with zero attached hydrogens (tertiary/aromatic N) is 1. The Balaban J connectivity index is 2.14. The summed E-state index contributed by atoms with van der Waals surface area (Å²) in [5, 5.41) is 9.87. The third kappa shape index (κ3) is 1.56. The molecule has 1 amide bonds. The Kier molecular flexibility index (Phi) is 2.43. The number of H-pyrrole nitrogens is 1. The van der Waals surface area contributed by atoms with Gasteiger partial charge in [0, 0.05) is 30.2 Å². The fourth-order valence-electron chi connectivity index (χ4n) is 2.17. The first-order valence-corrected chi connectivity index (χ1v) is 6.36. The molecule has 0 spiro atoms. The largest absolute Gasteiger partial charge is 0.355 e. The van der Waals surface area contributed by atoms with Gasteiger partial charge in [-0.05, 0) is 40.3 Å². The van der Waals surface area contributed by atoms with Crippen molar-refractivity contribution in [3.63, 3.8) is 0 Å². The van der Waals surface area contributed by atoms with Crippen LogP contribution in [-0.2, 0) is 6.42 Å². The maximum absolute atomic E-state index is 11.6. The molecule has 0 bridgehead atoms. The van der Waals surface area contributed by atoms with Crippen molar-refractivity contribution in [3.05, 3.63) is 38.6 Å². The predicted molar refractivity (Wildman–Crippen MR) is 72.9 cm³/mol. The second kappa shape index (κ2) is 3.83. The quantitative estimate of drug-likeness (QED) is 0.666. The first-order valence-electron chi connectivity index (χ1n) is 5.29. The third-order valence-electron chi connectivity index (χ3n) is 3.05. The van der Waals surface area contributed by atoms with Gasteiger partial charge in [0.25, 0.3) is 5.91 Å². The number of carbonyl (C=O) groups excluding carboxylic acids is 1. The molecule has 1 heterocycles. The molecule has 0 saturated carbocycles. The summed E-state index contributed by atoms with van der Waals surface area (Å²) in [5.41, 5.74) is 5.31. The maximum Gasteiger partial charge on any atom is 0.251 e. The lowest BCUT2D eigenvalue weighted by atomic mass is 10.1. The second-order valence-electron chi connectivity index (χ2n) is 4.00. The summed E-state index contributed by atoms with van der Waals surface area (Å²) in [5.74, 6) is -0.0598. The van der Waals surface area contributed by atoms with Crippen LogP contribution in [0, 0.1) is 3.70 Å². The summed E-state index contributed by atoms with van der Waals surface area (Å²) >= 11 is 2.23. The van der Waals surface area contributed by atoms with E-state index in [0.29, 0.717) is 5.56 Å². The zero-order valence-electron chi connectivity index (χ0n) is 9.17. The van der Waals surface area contributed by atoms with Crippen molar-refractivity contribution in [3.8, 4) is 11.3 Å². The molecule has 0 unspecified atom stereocenters. The SMILES string of the molecule is CNC(=O)c1ccc2c(c1)-c1[nH]nc(I)c1C2. The molecule has 86 valence electrons. The topological polar surface area (TPSA) is 57.8 Å². The van der Waals surface area contributed by atoms with Crippen LogP contribution in [0.1, 0.15) is 21.5 Å². The van der Waals surface area contributed by atoms with E-state index in [-0.39, 0.29) is 5.91 Å². The minimum absolute atomic E-state index is 0.0598. The highest BCUT2D eigenvalue weighted by Crippen LogP contribution is 2.37. The van der Waals surface area contributed by atoms with Crippen LogP contribution in [0.3, 0.4) is 0 Å². The summed E-state index contributed by atoms with van der Waals surface area (Å²) in [6.45, 7) is 0. The number of fused-ring (bicyclic) bond motifs is 3. The molecule has 0 radical (unpaired) electrons. The van der Waals surface area contributed by atoms with Crippen molar-refractivity contribution in [2.45, 2.75) is 6.42 Å². The van der Waals surface area contributed by atoms with E-state index in [1.54, 1.807) is 7.05 Å². The normalized spacial score (nSPS) is 12.1. The van der Waals surface area contributed by atoms with Gasteiger partial charge in [-0.1, -0.05) is 6.07 Å². The average Bonchev–Trinajstić information content (AvgIpc) is 2.88. The van der Waals surface area contributed by atoms with Crippen LogP contribution in [0.15, 0.2) is 18.2 Å².